The number of rotatable bonds is 6. The molecule has 0 saturated heterocycles. The van der Waals surface area contributed by atoms with Crippen molar-refractivity contribution >= 4 is 17.3 Å². The number of hydrogen-bond donors (Lipinski definition) is 1. The van der Waals surface area contributed by atoms with Gasteiger partial charge in [0.2, 0.25) is 0 Å². The van der Waals surface area contributed by atoms with E-state index in [2.05, 4.69) is 5.32 Å². The van der Waals surface area contributed by atoms with E-state index in [0.29, 0.717) is 28.5 Å². The topological polar surface area (TPSA) is 60.0 Å². The molecule has 0 bridgehead atoms. The Morgan fingerprint density at radius 2 is 1.46 bits per heavy atom. The third kappa shape index (κ3) is 3.71. The molecule has 1 amide bonds. The highest BCUT2D eigenvalue weighted by molar-refractivity contribution is 6.08. The van der Waals surface area contributed by atoms with E-state index in [0.717, 1.165) is 5.69 Å². The first kappa shape index (κ1) is 17.5. The Balaban J connectivity index is 2.31. The van der Waals surface area contributed by atoms with Gasteiger partial charge in [0.15, 0.2) is 0 Å². The Morgan fingerprint density at radius 1 is 0.917 bits per heavy atom. The lowest BCUT2D eigenvalue weighted by molar-refractivity contribution is 0.102. The van der Waals surface area contributed by atoms with Crippen molar-refractivity contribution in [3.8, 4) is 17.2 Å². The van der Waals surface area contributed by atoms with Gasteiger partial charge in [-0.2, -0.15) is 0 Å². The number of nitrogens with one attached hydrogen (secondary N) is 1. The molecule has 0 heterocycles. The summed E-state index contributed by atoms with van der Waals surface area (Å²) in [7, 11) is 8.45. The van der Waals surface area contributed by atoms with Gasteiger partial charge in [-0.05, 0) is 24.3 Å². The van der Waals surface area contributed by atoms with E-state index in [1.54, 1.807) is 19.2 Å². The summed E-state index contributed by atoms with van der Waals surface area (Å²) in [6.07, 6.45) is 0. The van der Waals surface area contributed by atoms with Crippen LogP contribution in [-0.4, -0.2) is 41.3 Å². The van der Waals surface area contributed by atoms with E-state index in [-0.39, 0.29) is 5.91 Å². The van der Waals surface area contributed by atoms with Crippen molar-refractivity contribution in [1.29, 1.82) is 0 Å². The molecule has 0 fully saturated rings. The van der Waals surface area contributed by atoms with Crippen molar-refractivity contribution in [3.63, 3.8) is 0 Å². The number of benzene rings is 2. The molecule has 0 spiro atoms. The molecular formula is C18H22N2O4. The Labute approximate surface area is 141 Å². The summed E-state index contributed by atoms with van der Waals surface area (Å²) < 4.78 is 15.8. The molecule has 0 saturated carbocycles. The molecule has 0 aliphatic heterocycles. The largest absolute Gasteiger partial charge is 0.496 e. The minimum absolute atomic E-state index is 0.316. The molecule has 24 heavy (non-hydrogen) atoms. The number of amides is 1. The summed E-state index contributed by atoms with van der Waals surface area (Å²) in [5.74, 6) is 1.00. The summed E-state index contributed by atoms with van der Waals surface area (Å²) >= 11 is 0. The van der Waals surface area contributed by atoms with Gasteiger partial charge in [-0.3, -0.25) is 4.79 Å². The Bertz CT molecular complexity index is 686. The average Bonchev–Trinajstić information content (AvgIpc) is 2.60. The third-order valence-electron chi connectivity index (χ3n) is 3.58. The van der Waals surface area contributed by atoms with Crippen molar-refractivity contribution in [1.82, 2.24) is 0 Å². The molecule has 6 nitrogen and oxygen atoms in total. The van der Waals surface area contributed by atoms with Gasteiger partial charge in [-0.15, -0.1) is 0 Å². The van der Waals surface area contributed by atoms with Gasteiger partial charge in [0.25, 0.3) is 5.91 Å². The van der Waals surface area contributed by atoms with Crippen LogP contribution in [0.15, 0.2) is 36.4 Å². The van der Waals surface area contributed by atoms with Crippen LogP contribution in [0.1, 0.15) is 10.4 Å². The number of carbonyl (C=O) groups is 1. The molecule has 6 heteroatoms. The lowest BCUT2D eigenvalue weighted by Crippen LogP contribution is -2.15. The van der Waals surface area contributed by atoms with E-state index in [1.807, 2.05) is 43.3 Å². The molecule has 0 aliphatic rings. The molecule has 2 aromatic rings. The minimum Gasteiger partial charge on any atom is -0.496 e. The number of ether oxygens (including phenoxy) is 3. The summed E-state index contributed by atoms with van der Waals surface area (Å²) in [5.41, 5.74) is 2.05. The first-order valence-electron chi connectivity index (χ1n) is 7.39. The van der Waals surface area contributed by atoms with Crippen molar-refractivity contribution in [2.45, 2.75) is 0 Å². The maximum Gasteiger partial charge on any atom is 0.263 e. The van der Waals surface area contributed by atoms with E-state index in [1.165, 1.54) is 14.2 Å². The Morgan fingerprint density at radius 3 is 1.88 bits per heavy atom. The summed E-state index contributed by atoms with van der Waals surface area (Å²) in [6.45, 7) is 0. The lowest BCUT2D eigenvalue weighted by atomic mass is 10.1. The molecule has 2 aromatic carbocycles. The van der Waals surface area contributed by atoms with Crippen LogP contribution in [0.2, 0.25) is 0 Å². The standard InChI is InChI=1S/C18H22N2O4/c1-20(2)13-8-6-12(7-9-13)19-18(21)17-15(23-4)10-14(22-3)11-16(17)24-5/h6-11H,1-5H3,(H,19,21). The number of methoxy groups -OCH3 is 3. The number of anilines is 2. The van der Waals surface area contributed by atoms with Crippen molar-refractivity contribution in [2.75, 3.05) is 45.6 Å². The monoisotopic (exact) mass is 330 g/mol. The van der Waals surface area contributed by atoms with Gasteiger partial charge >= 0.3 is 0 Å². The van der Waals surface area contributed by atoms with Crippen molar-refractivity contribution in [3.05, 3.63) is 42.0 Å². The maximum absolute atomic E-state index is 12.7. The molecule has 0 radical (unpaired) electrons. The van der Waals surface area contributed by atoms with Crippen LogP contribution in [-0.2, 0) is 0 Å². The lowest BCUT2D eigenvalue weighted by Gasteiger charge is -2.16. The highest BCUT2D eigenvalue weighted by atomic mass is 16.5. The molecule has 1 N–H and O–H groups in total. The molecule has 0 aliphatic carbocycles. The van der Waals surface area contributed by atoms with Crippen LogP contribution < -0.4 is 24.4 Å². The van der Waals surface area contributed by atoms with Gasteiger partial charge < -0.3 is 24.4 Å². The van der Waals surface area contributed by atoms with Crippen LogP contribution in [0.5, 0.6) is 17.2 Å². The fourth-order valence-electron chi connectivity index (χ4n) is 2.27. The van der Waals surface area contributed by atoms with Gasteiger partial charge in [-0.25, -0.2) is 0 Å². The average molecular weight is 330 g/mol. The van der Waals surface area contributed by atoms with Crippen LogP contribution in [0.4, 0.5) is 11.4 Å². The predicted octanol–water partition coefficient (Wildman–Crippen LogP) is 3.03. The molecular weight excluding hydrogens is 308 g/mol. The second-order valence-electron chi connectivity index (χ2n) is 5.30. The Hall–Kier alpha value is -2.89. The van der Waals surface area contributed by atoms with Crippen LogP contribution in [0.25, 0.3) is 0 Å². The zero-order valence-corrected chi connectivity index (χ0v) is 14.5. The van der Waals surface area contributed by atoms with E-state index in [4.69, 9.17) is 14.2 Å². The highest BCUT2D eigenvalue weighted by Crippen LogP contribution is 2.34. The normalized spacial score (nSPS) is 10.0. The van der Waals surface area contributed by atoms with Gasteiger partial charge in [0, 0.05) is 37.6 Å². The summed E-state index contributed by atoms with van der Waals surface area (Å²) in [5, 5.41) is 2.85. The van der Waals surface area contributed by atoms with E-state index < -0.39 is 0 Å². The van der Waals surface area contributed by atoms with Gasteiger partial charge in [0.05, 0.1) is 21.3 Å². The van der Waals surface area contributed by atoms with Crippen molar-refractivity contribution < 1.29 is 19.0 Å². The van der Waals surface area contributed by atoms with Crippen LogP contribution in [0.3, 0.4) is 0 Å². The van der Waals surface area contributed by atoms with Crippen LogP contribution >= 0.6 is 0 Å². The second kappa shape index (κ2) is 7.59. The minimum atomic E-state index is -0.316. The summed E-state index contributed by atoms with van der Waals surface area (Å²) in [6, 6.07) is 10.8. The number of hydrogen-bond acceptors (Lipinski definition) is 5. The fraction of sp³-hybridized carbons (Fsp3) is 0.278. The number of nitrogens with zero attached hydrogens (tertiary/aromatic N) is 1. The first-order valence-corrected chi connectivity index (χ1v) is 7.39. The zero-order valence-electron chi connectivity index (χ0n) is 14.5. The van der Waals surface area contributed by atoms with Crippen molar-refractivity contribution in [2.24, 2.45) is 0 Å². The SMILES string of the molecule is COc1cc(OC)c(C(=O)Nc2ccc(N(C)C)cc2)c(OC)c1. The maximum atomic E-state index is 12.7. The molecule has 2 rings (SSSR count). The first-order chi connectivity index (χ1) is 11.5. The summed E-state index contributed by atoms with van der Waals surface area (Å²) in [4.78, 5) is 14.7. The van der Waals surface area contributed by atoms with E-state index in [9.17, 15) is 4.79 Å². The fourth-order valence-corrected chi connectivity index (χ4v) is 2.27. The molecule has 0 aromatic heterocycles. The predicted molar refractivity (Wildman–Crippen MR) is 94.8 cm³/mol. The van der Waals surface area contributed by atoms with Gasteiger partial charge in [-0.1, -0.05) is 0 Å². The smallest absolute Gasteiger partial charge is 0.263 e. The zero-order chi connectivity index (χ0) is 17.7. The third-order valence-corrected chi connectivity index (χ3v) is 3.58. The quantitative estimate of drug-likeness (QED) is 0.882. The Kier molecular flexibility index (Phi) is 5.52. The molecule has 128 valence electrons. The molecule has 0 unspecified atom stereocenters. The van der Waals surface area contributed by atoms with Crippen LogP contribution in [0, 0.1) is 0 Å². The van der Waals surface area contributed by atoms with Gasteiger partial charge in [0.1, 0.15) is 22.8 Å². The highest BCUT2D eigenvalue weighted by Gasteiger charge is 2.20. The second-order valence-corrected chi connectivity index (χ2v) is 5.30. The van der Waals surface area contributed by atoms with E-state index >= 15 is 0 Å². The number of carbonyl (C=O) groups excluding carboxylic acids is 1. The molecule has 0 atom stereocenters.